The fraction of sp³-hybridized carbons (Fsp3) is 0.280. The van der Waals surface area contributed by atoms with Crippen LogP contribution in [-0.2, 0) is 11.3 Å². The Bertz CT molecular complexity index is 1000. The number of benzene rings is 3. The molecule has 0 bridgehead atoms. The SMILES string of the molecule is O=C(Nc1cccc2ccccc12)c1ccc(CNC(=O)C2CCCCC2)cc1. The summed E-state index contributed by atoms with van der Waals surface area (Å²) >= 11 is 0. The maximum Gasteiger partial charge on any atom is 0.255 e. The van der Waals surface area contributed by atoms with Crippen LogP contribution in [0.5, 0.6) is 0 Å². The van der Waals surface area contributed by atoms with Crippen molar-refractivity contribution in [3.05, 3.63) is 77.9 Å². The molecule has 4 nitrogen and oxygen atoms in total. The van der Waals surface area contributed by atoms with Crippen molar-refractivity contribution >= 4 is 28.3 Å². The molecule has 2 amide bonds. The summed E-state index contributed by atoms with van der Waals surface area (Å²) in [5.41, 5.74) is 2.40. The summed E-state index contributed by atoms with van der Waals surface area (Å²) in [5, 5.41) is 8.15. The minimum Gasteiger partial charge on any atom is -0.352 e. The Hall–Kier alpha value is -3.14. The van der Waals surface area contributed by atoms with E-state index in [0.29, 0.717) is 12.1 Å². The zero-order valence-corrected chi connectivity index (χ0v) is 16.5. The Morgan fingerprint density at radius 3 is 2.34 bits per heavy atom. The average molecular weight is 386 g/mol. The molecule has 0 saturated heterocycles. The highest BCUT2D eigenvalue weighted by Crippen LogP contribution is 2.24. The van der Waals surface area contributed by atoms with Gasteiger partial charge in [0, 0.05) is 29.1 Å². The van der Waals surface area contributed by atoms with E-state index in [1.54, 1.807) is 0 Å². The molecule has 29 heavy (non-hydrogen) atoms. The predicted molar refractivity (Wildman–Crippen MR) is 117 cm³/mol. The minimum atomic E-state index is -0.140. The van der Waals surface area contributed by atoms with Gasteiger partial charge in [-0.1, -0.05) is 67.8 Å². The van der Waals surface area contributed by atoms with Crippen LogP contribution < -0.4 is 10.6 Å². The van der Waals surface area contributed by atoms with Gasteiger partial charge < -0.3 is 10.6 Å². The first-order chi connectivity index (χ1) is 14.2. The van der Waals surface area contributed by atoms with Crippen molar-refractivity contribution in [1.82, 2.24) is 5.32 Å². The van der Waals surface area contributed by atoms with Crippen LogP contribution in [0, 0.1) is 5.92 Å². The molecule has 4 heteroatoms. The van der Waals surface area contributed by atoms with Crippen LogP contribution in [0.25, 0.3) is 10.8 Å². The fourth-order valence-electron chi connectivity index (χ4n) is 4.00. The Balaban J connectivity index is 1.37. The monoisotopic (exact) mass is 386 g/mol. The van der Waals surface area contributed by atoms with Crippen LogP contribution in [0.4, 0.5) is 5.69 Å². The lowest BCUT2D eigenvalue weighted by Crippen LogP contribution is -2.31. The highest BCUT2D eigenvalue weighted by molar-refractivity contribution is 6.09. The third-order valence-electron chi connectivity index (χ3n) is 5.70. The second kappa shape index (κ2) is 8.91. The largest absolute Gasteiger partial charge is 0.352 e. The number of rotatable bonds is 5. The van der Waals surface area contributed by atoms with Crippen molar-refractivity contribution in [2.45, 2.75) is 38.6 Å². The highest BCUT2D eigenvalue weighted by atomic mass is 16.2. The third-order valence-corrected chi connectivity index (χ3v) is 5.70. The molecule has 148 valence electrons. The Morgan fingerprint density at radius 2 is 1.55 bits per heavy atom. The molecule has 1 fully saturated rings. The van der Waals surface area contributed by atoms with Crippen molar-refractivity contribution in [1.29, 1.82) is 0 Å². The van der Waals surface area contributed by atoms with Crippen LogP contribution in [0.2, 0.25) is 0 Å². The zero-order valence-electron chi connectivity index (χ0n) is 16.5. The smallest absolute Gasteiger partial charge is 0.255 e. The molecule has 0 unspecified atom stereocenters. The van der Waals surface area contributed by atoms with Crippen LogP contribution in [0.3, 0.4) is 0 Å². The number of anilines is 1. The van der Waals surface area contributed by atoms with Gasteiger partial charge in [0.1, 0.15) is 0 Å². The van der Waals surface area contributed by atoms with E-state index in [4.69, 9.17) is 0 Å². The van der Waals surface area contributed by atoms with E-state index in [1.807, 2.05) is 66.7 Å². The second-order valence-electron chi connectivity index (χ2n) is 7.73. The van der Waals surface area contributed by atoms with Crippen molar-refractivity contribution in [2.24, 2.45) is 5.92 Å². The number of carbonyl (C=O) groups is 2. The highest BCUT2D eigenvalue weighted by Gasteiger charge is 2.20. The van der Waals surface area contributed by atoms with Gasteiger partial charge in [-0.3, -0.25) is 9.59 Å². The molecule has 1 aliphatic rings. The first kappa shape index (κ1) is 19.2. The van der Waals surface area contributed by atoms with Gasteiger partial charge in [-0.25, -0.2) is 0 Å². The topological polar surface area (TPSA) is 58.2 Å². The van der Waals surface area contributed by atoms with E-state index in [1.165, 1.54) is 6.42 Å². The molecular weight excluding hydrogens is 360 g/mol. The molecule has 0 spiro atoms. The van der Waals surface area contributed by atoms with Gasteiger partial charge in [0.15, 0.2) is 0 Å². The standard InChI is InChI=1S/C25H26N2O2/c28-24(20-8-2-1-3-9-20)26-17-18-13-15-21(16-14-18)25(29)27-23-12-6-10-19-7-4-5-11-22(19)23/h4-7,10-16,20H,1-3,8-9,17H2,(H,26,28)(H,27,29). The first-order valence-electron chi connectivity index (χ1n) is 10.4. The summed E-state index contributed by atoms with van der Waals surface area (Å²) in [6.07, 6.45) is 5.54. The first-order valence-corrected chi connectivity index (χ1v) is 10.4. The quantitative estimate of drug-likeness (QED) is 0.626. The number of hydrogen-bond acceptors (Lipinski definition) is 2. The second-order valence-corrected chi connectivity index (χ2v) is 7.73. The van der Waals surface area contributed by atoms with E-state index < -0.39 is 0 Å². The lowest BCUT2D eigenvalue weighted by Gasteiger charge is -2.20. The fourth-order valence-corrected chi connectivity index (χ4v) is 4.00. The maximum absolute atomic E-state index is 12.7. The molecule has 0 atom stereocenters. The molecule has 1 saturated carbocycles. The van der Waals surface area contributed by atoms with Gasteiger partial charge in [-0.15, -0.1) is 0 Å². The normalized spacial score (nSPS) is 14.5. The average Bonchev–Trinajstić information content (AvgIpc) is 2.78. The summed E-state index contributed by atoms with van der Waals surface area (Å²) in [6.45, 7) is 0.501. The number of fused-ring (bicyclic) bond motifs is 1. The summed E-state index contributed by atoms with van der Waals surface area (Å²) in [7, 11) is 0. The number of nitrogens with one attached hydrogen (secondary N) is 2. The Morgan fingerprint density at radius 1 is 0.828 bits per heavy atom. The zero-order chi connectivity index (χ0) is 20.1. The molecule has 3 aromatic rings. The molecule has 3 aromatic carbocycles. The van der Waals surface area contributed by atoms with E-state index >= 15 is 0 Å². The van der Waals surface area contributed by atoms with Gasteiger partial charge in [-0.2, -0.15) is 0 Å². The van der Waals surface area contributed by atoms with E-state index in [2.05, 4.69) is 10.6 Å². The Labute approximate surface area is 171 Å². The molecule has 0 heterocycles. The maximum atomic E-state index is 12.7. The molecule has 0 radical (unpaired) electrons. The molecule has 0 aromatic heterocycles. The summed E-state index contributed by atoms with van der Waals surface area (Å²) in [6, 6.07) is 21.3. The van der Waals surface area contributed by atoms with Gasteiger partial charge >= 0.3 is 0 Å². The predicted octanol–water partition coefficient (Wildman–Crippen LogP) is 5.29. The molecule has 1 aliphatic carbocycles. The van der Waals surface area contributed by atoms with Crippen LogP contribution in [-0.4, -0.2) is 11.8 Å². The van der Waals surface area contributed by atoms with Crippen molar-refractivity contribution < 1.29 is 9.59 Å². The summed E-state index contributed by atoms with van der Waals surface area (Å²) in [4.78, 5) is 24.9. The number of amides is 2. The van der Waals surface area contributed by atoms with Crippen LogP contribution in [0.1, 0.15) is 48.0 Å². The summed E-state index contributed by atoms with van der Waals surface area (Å²) < 4.78 is 0. The van der Waals surface area contributed by atoms with Crippen LogP contribution in [0.15, 0.2) is 66.7 Å². The number of hydrogen-bond donors (Lipinski definition) is 2. The van der Waals surface area contributed by atoms with Crippen molar-refractivity contribution in [3.63, 3.8) is 0 Å². The van der Waals surface area contributed by atoms with Crippen LogP contribution >= 0.6 is 0 Å². The van der Waals surface area contributed by atoms with E-state index in [-0.39, 0.29) is 17.7 Å². The number of carbonyl (C=O) groups excluding carboxylic acids is 2. The van der Waals surface area contributed by atoms with E-state index in [9.17, 15) is 9.59 Å². The van der Waals surface area contributed by atoms with Gasteiger partial charge in [0.05, 0.1) is 0 Å². The Kier molecular flexibility index (Phi) is 5.89. The molecule has 2 N–H and O–H groups in total. The van der Waals surface area contributed by atoms with E-state index in [0.717, 1.165) is 47.7 Å². The van der Waals surface area contributed by atoms with Gasteiger partial charge in [0.2, 0.25) is 5.91 Å². The van der Waals surface area contributed by atoms with Gasteiger partial charge in [0.25, 0.3) is 5.91 Å². The molecule has 4 rings (SSSR count). The lowest BCUT2D eigenvalue weighted by atomic mass is 9.88. The van der Waals surface area contributed by atoms with Crippen molar-refractivity contribution in [2.75, 3.05) is 5.32 Å². The minimum absolute atomic E-state index is 0.140. The van der Waals surface area contributed by atoms with Gasteiger partial charge in [-0.05, 0) is 42.0 Å². The van der Waals surface area contributed by atoms with Crippen molar-refractivity contribution in [3.8, 4) is 0 Å². The third kappa shape index (κ3) is 4.65. The lowest BCUT2D eigenvalue weighted by molar-refractivity contribution is -0.126. The summed E-state index contributed by atoms with van der Waals surface area (Å²) in [5.74, 6) is 0.177. The molecule has 0 aliphatic heterocycles. The molecular formula is C25H26N2O2.